The Kier molecular flexibility index (Phi) is 9.00. The molecule has 0 aliphatic carbocycles. The van der Waals surface area contributed by atoms with Gasteiger partial charge in [0.15, 0.2) is 5.96 Å². The number of hydrogen-bond acceptors (Lipinski definition) is 3. The van der Waals surface area contributed by atoms with E-state index in [0.717, 1.165) is 50.1 Å². The van der Waals surface area contributed by atoms with Gasteiger partial charge in [-0.1, -0.05) is 48.0 Å². The van der Waals surface area contributed by atoms with Crippen molar-refractivity contribution in [2.75, 3.05) is 46.8 Å². The summed E-state index contributed by atoms with van der Waals surface area (Å²) >= 11 is 5.94. The highest BCUT2D eigenvalue weighted by atomic mass is 35.5. The number of aliphatic imine (C=N–C) groups is 1. The van der Waals surface area contributed by atoms with Crippen molar-refractivity contribution in [3.8, 4) is 0 Å². The van der Waals surface area contributed by atoms with Gasteiger partial charge in [-0.25, -0.2) is 0 Å². The van der Waals surface area contributed by atoms with Gasteiger partial charge < -0.3 is 15.5 Å². The molecule has 0 bridgehead atoms. The van der Waals surface area contributed by atoms with Crippen molar-refractivity contribution in [1.82, 2.24) is 20.4 Å². The van der Waals surface area contributed by atoms with E-state index < -0.39 is 0 Å². The van der Waals surface area contributed by atoms with Crippen LogP contribution in [0.1, 0.15) is 23.1 Å². The van der Waals surface area contributed by atoms with Crippen molar-refractivity contribution in [1.29, 1.82) is 0 Å². The zero-order valence-corrected chi connectivity index (χ0v) is 19.0. The lowest BCUT2D eigenvalue weighted by molar-refractivity contribution is 0.269. The number of rotatable bonds is 7. The summed E-state index contributed by atoms with van der Waals surface area (Å²) < 4.78 is 0. The number of hydrogen-bond donors (Lipinski definition) is 2. The van der Waals surface area contributed by atoms with Crippen LogP contribution in [0.15, 0.2) is 53.5 Å². The molecule has 1 aliphatic rings. The molecular weight excluding hydrogens is 394 g/mol. The van der Waals surface area contributed by atoms with Crippen LogP contribution in [0.5, 0.6) is 0 Å². The molecule has 0 spiro atoms. The normalized spacial score (nSPS) is 16.3. The molecule has 2 aromatic carbocycles. The first kappa shape index (κ1) is 22.6. The Morgan fingerprint density at radius 2 is 1.60 bits per heavy atom. The van der Waals surface area contributed by atoms with Crippen molar-refractivity contribution in [3.63, 3.8) is 0 Å². The summed E-state index contributed by atoms with van der Waals surface area (Å²) in [5.41, 5.74) is 3.90. The first-order valence-electron chi connectivity index (χ1n) is 10.8. The van der Waals surface area contributed by atoms with Gasteiger partial charge in [0.1, 0.15) is 0 Å². The van der Waals surface area contributed by atoms with E-state index in [1.165, 1.54) is 36.2 Å². The molecule has 0 aromatic heterocycles. The molecule has 1 aliphatic heterocycles. The van der Waals surface area contributed by atoms with Gasteiger partial charge >= 0.3 is 0 Å². The fourth-order valence-electron chi connectivity index (χ4n) is 3.66. The Bertz CT molecular complexity index is 788. The summed E-state index contributed by atoms with van der Waals surface area (Å²) in [6.45, 7) is 7.32. The van der Waals surface area contributed by atoms with E-state index in [0.29, 0.717) is 0 Å². The van der Waals surface area contributed by atoms with Crippen LogP contribution < -0.4 is 10.6 Å². The first-order valence-corrected chi connectivity index (χ1v) is 11.2. The Balaban J connectivity index is 1.40. The maximum Gasteiger partial charge on any atom is 0.191 e. The van der Waals surface area contributed by atoms with E-state index >= 15 is 0 Å². The predicted molar refractivity (Wildman–Crippen MR) is 127 cm³/mol. The minimum absolute atomic E-state index is 0.759. The lowest BCUT2D eigenvalue weighted by Gasteiger charge is -2.20. The molecule has 30 heavy (non-hydrogen) atoms. The summed E-state index contributed by atoms with van der Waals surface area (Å²) in [5.74, 6) is 0.821. The Morgan fingerprint density at radius 3 is 2.33 bits per heavy atom. The fraction of sp³-hybridized carbons (Fsp3) is 0.458. The molecule has 5 nitrogen and oxygen atoms in total. The zero-order valence-electron chi connectivity index (χ0n) is 18.2. The third-order valence-electron chi connectivity index (χ3n) is 5.54. The molecule has 0 atom stereocenters. The molecule has 0 saturated carbocycles. The van der Waals surface area contributed by atoms with Crippen molar-refractivity contribution in [2.24, 2.45) is 4.99 Å². The van der Waals surface area contributed by atoms with Crippen LogP contribution in [0, 0.1) is 0 Å². The van der Waals surface area contributed by atoms with Gasteiger partial charge in [-0.3, -0.25) is 9.89 Å². The summed E-state index contributed by atoms with van der Waals surface area (Å²) in [7, 11) is 4.02. The largest absolute Gasteiger partial charge is 0.356 e. The number of guanidine groups is 1. The van der Waals surface area contributed by atoms with E-state index in [1.54, 1.807) is 7.05 Å². The number of nitrogens with one attached hydrogen (secondary N) is 2. The van der Waals surface area contributed by atoms with Crippen molar-refractivity contribution >= 4 is 17.6 Å². The average Bonchev–Trinajstić information content (AvgIpc) is 2.97. The molecule has 162 valence electrons. The van der Waals surface area contributed by atoms with Gasteiger partial charge in [0.2, 0.25) is 0 Å². The maximum atomic E-state index is 5.94. The molecule has 2 N–H and O–H groups in total. The van der Waals surface area contributed by atoms with Crippen LogP contribution in [0.3, 0.4) is 0 Å². The molecule has 6 heteroatoms. The summed E-state index contributed by atoms with van der Waals surface area (Å²) in [6, 6.07) is 16.9. The second-order valence-corrected chi connectivity index (χ2v) is 8.41. The molecule has 0 unspecified atom stereocenters. The lowest BCUT2D eigenvalue weighted by Crippen LogP contribution is -2.37. The van der Waals surface area contributed by atoms with Crippen LogP contribution >= 0.6 is 11.6 Å². The fourth-order valence-corrected chi connectivity index (χ4v) is 3.79. The quantitative estimate of drug-likeness (QED) is 0.525. The van der Waals surface area contributed by atoms with E-state index in [4.69, 9.17) is 11.6 Å². The van der Waals surface area contributed by atoms with E-state index in [9.17, 15) is 0 Å². The van der Waals surface area contributed by atoms with Crippen molar-refractivity contribution in [2.45, 2.75) is 25.9 Å². The minimum Gasteiger partial charge on any atom is -0.356 e. The van der Waals surface area contributed by atoms with Gasteiger partial charge in [0, 0.05) is 44.8 Å². The van der Waals surface area contributed by atoms with Crippen LogP contribution in [-0.2, 0) is 19.5 Å². The van der Waals surface area contributed by atoms with E-state index in [2.05, 4.69) is 68.9 Å². The zero-order chi connectivity index (χ0) is 21.2. The molecule has 0 radical (unpaired) electrons. The minimum atomic E-state index is 0.759. The number of likely N-dealkylation sites (N-methyl/N-ethyl adjacent to an activating group) is 1. The van der Waals surface area contributed by atoms with Crippen LogP contribution in [0.25, 0.3) is 0 Å². The Labute approximate surface area is 186 Å². The summed E-state index contributed by atoms with van der Waals surface area (Å²) in [4.78, 5) is 9.30. The predicted octanol–water partition coefficient (Wildman–Crippen LogP) is 3.39. The van der Waals surface area contributed by atoms with Crippen molar-refractivity contribution < 1.29 is 0 Å². The second kappa shape index (κ2) is 11.9. The highest BCUT2D eigenvalue weighted by Crippen LogP contribution is 2.11. The SMILES string of the molecule is CN=C(NCCc1ccc(Cl)cc1)NCc1ccc(CN2CCCN(C)CC2)cc1. The molecule has 1 heterocycles. The highest BCUT2D eigenvalue weighted by molar-refractivity contribution is 6.30. The van der Waals surface area contributed by atoms with Gasteiger partial charge in [0.05, 0.1) is 0 Å². The topological polar surface area (TPSA) is 42.9 Å². The molecule has 0 amide bonds. The molecule has 2 aromatic rings. The first-order chi connectivity index (χ1) is 14.6. The average molecular weight is 428 g/mol. The Morgan fingerprint density at radius 1 is 0.900 bits per heavy atom. The smallest absolute Gasteiger partial charge is 0.191 e. The number of benzene rings is 2. The van der Waals surface area contributed by atoms with Gasteiger partial charge in [-0.2, -0.15) is 0 Å². The standard InChI is InChI=1S/C24H34ClN5/c1-26-24(27-13-12-20-8-10-23(25)11-9-20)28-18-21-4-6-22(7-5-21)19-30-15-3-14-29(2)16-17-30/h4-11H,3,12-19H2,1-2H3,(H2,26,27,28). The van der Waals surface area contributed by atoms with Crippen LogP contribution in [0.2, 0.25) is 5.02 Å². The Hall–Kier alpha value is -2.08. The van der Waals surface area contributed by atoms with Crippen molar-refractivity contribution in [3.05, 3.63) is 70.2 Å². The number of halogens is 1. The third kappa shape index (κ3) is 7.63. The molecule has 3 rings (SSSR count). The van der Waals surface area contributed by atoms with Gasteiger partial charge in [0.25, 0.3) is 0 Å². The summed E-state index contributed by atoms with van der Waals surface area (Å²) in [6.07, 6.45) is 2.18. The number of nitrogens with zero attached hydrogens (tertiary/aromatic N) is 3. The maximum absolute atomic E-state index is 5.94. The molecular formula is C24H34ClN5. The third-order valence-corrected chi connectivity index (χ3v) is 5.80. The second-order valence-electron chi connectivity index (χ2n) is 7.98. The summed E-state index contributed by atoms with van der Waals surface area (Å²) in [5, 5.41) is 7.54. The van der Waals surface area contributed by atoms with Gasteiger partial charge in [-0.15, -0.1) is 0 Å². The highest BCUT2D eigenvalue weighted by Gasteiger charge is 2.12. The van der Waals surface area contributed by atoms with E-state index in [-0.39, 0.29) is 0 Å². The van der Waals surface area contributed by atoms with Crippen LogP contribution in [-0.4, -0.2) is 62.6 Å². The van der Waals surface area contributed by atoms with E-state index in [1.807, 2.05) is 12.1 Å². The lowest BCUT2D eigenvalue weighted by atomic mass is 10.1. The van der Waals surface area contributed by atoms with Crippen LogP contribution in [0.4, 0.5) is 0 Å². The monoisotopic (exact) mass is 427 g/mol. The molecule has 1 saturated heterocycles. The molecule has 1 fully saturated rings. The van der Waals surface area contributed by atoms with Gasteiger partial charge in [-0.05, 0) is 61.8 Å².